The van der Waals surface area contributed by atoms with Gasteiger partial charge in [0.1, 0.15) is 17.9 Å². The van der Waals surface area contributed by atoms with E-state index < -0.39 is 30.6 Å². The summed E-state index contributed by atoms with van der Waals surface area (Å²) in [4.78, 5) is 4.15. The van der Waals surface area contributed by atoms with Gasteiger partial charge in [-0.3, -0.25) is 9.80 Å². The standard InChI is InChI=1S/C15H30N2O4/c1-12(19)14(21)15(13(20)11-18,17-9-5-6-10-17)16-7-3-2-4-8-16/h12-14,18-21H,2-11H2,1H3. The molecule has 2 aliphatic rings. The summed E-state index contributed by atoms with van der Waals surface area (Å²) in [7, 11) is 0. The molecule has 21 heavy (non-hydrogen) atoms. The summed E-state index contributed by atoms with van der Waals surface area (Å²) < 4.78 is 0. The fourth-order valence-corrected chi connectivity index (χ4v) is 4.01. The lowest BCUT2D eigenvalue weighted by Crippen LogP contribution is -2.75. The van der Waals surface area contributed by atoms with E-state index in [1.54, 1.807) is 6.92 Å². The van der Waals surface area contributed by atoms with Crippen LogP contribution in [-0.2, 0) is 0 Å². The second-order valence-electron chi connectivity index (χ2n) is 6.41. The average Bonchev–Trinajstić information content (AvgIpc) is 3.03. The van der Waals surface area contributed by atoms with Gasteiger partial charge in [0.2, 0.25) is 0 Å². The molecule has 4 unspecified atom stereocenters. The summed E-state index contributed by atoms with van der Waals surface area (Å²) in [6.45, 7) is 4.23. The molecule has 0 saturated carbocycles. The predicted octanol–water partition coefficient (Wildman–Crippen LogP) is -0.641. The maximum absolute atomic E-state index is 10.7. The summed E-state index contributed by atoms with van der Waals surface area (Å²) in [6.07, 6.45) is 2.02. The van der Waals surface area contributed by atoms with Gasteiger partial charge in [-0.2, -0.15) is 0 Å². The molecule has 0 amide bonds. The molecule has 0 bridgehead atoms. The first kappa shape index (κ1) is 17.1. The quantitative estimate of drug-likeness (QED) is 0.522. The Morgan fingerprint density at radius 2 is 1.29 bits per heavy atom. The molecule has 2 saturated heterocycles. The first-order chi connectivity index (χ1) is 10.0. The number of likely N-dealkylation sites (tertiary alicyclic amines) is 2. The Labute approximate surface area is 127 Å². The van der Waals surface area contributed by atoms with E-state index in [1.165, 1.54) is 0 Å². The highest BCUT2D eigenvalue weighted by atomic mass is 16.3. The van der Waals surface area contributed by atoms with Crippen molar-refractivity contribution >= 4 is 0 Å². The fourth-order valence-electron chi connectivity index (χ4n) is 4.01. The van der Waals surface area contributed by atoms with Gasteiger partial charge in [-0.05, 0) is 32.6 Å². The molecule has 0 aliphatic carbocycles. The van der Waals surface area contributed by atoms with Gasteiger partial charge in [0.25, 0.3) is 0 Å². The second kappa shape index (κ2) is 7.35. The van der Waals surface area contributed by atoms with E-state index in [2.05, 4.69) is 9.80 Å². The van der Waals surface area contributed by atoms with Crippen LogP contribution in [0.25, 0.3) is 0 Å². The molecular weight excluding hydrogens is 272 g/mol. The SMILES string of the molecule is CC(O)C(O)C(C(O)CO)(N1CCCCC1)N1CCCC1. The zero-order valence-electron chi connectivity index (χ0n) is 13.0. The Hall–Kier alpha value is -0.240. The van der Waals surface area contributed by atoms with Crippen molar-refractivity contribution in [2.75, 3.05) is 32.8 Å². The second-order valence-corrected chi connectivity index (χ2v) is 6.41. The van der Waals surface area contributed by atoms with E-state index in [4.69, 9.17) is 0 Å². The minimum Gasteiger partial charge on any atom is -0.394 e. The third-order valence-corrected chi connectivity index (χ3v) is 5.03. The van der Waals surface area contributed by atoms with Gasteiger partial charge < -0.3 is 20.4 Å². The highest BCUT2D eigenvalue weighted by molar-refractivity contribution is 5.05. The van der Waals surface area contributed by atoms with Crippen molar-refractivity contribution < 1.29 is 20.4 Å². The summed E-state index contributed by atoms with van der Waals surface area (Å²) >= 11 is 0. The zero-order chi connectivity index (χ0) is 15.5. The summed E-state index contributed by atoms with van der Waals surface area (Å²) in [5.74, 6) is 0. The van der Waals surface area contributed by atoms with Crippen molar-refractivity contribution in [3.8, 4) is 0 Å². The number of nitrogens with zero attached hydrogens (tertiary/aromatic N) is 2. The van der Waals surface area contributed by atoms with Crippen LogP contribution in [0.2, 0.25) is 0 Å². The number of aliphatic hydroxyl groups is 4. The van der Waals surface area contributed by atoms with E-state index in [-0.39, 0.29) is 0 Å². The Balaban J connectivity index is 2.40. The van der Waals surface area contributed by atoms with E-state index >= 15 is 0 Å². The summed E-state index contributed by atoms with van der Waals surface area (Å²) in [5, 5.41) is 40.9. The molecular formula is C15H30N2O4. The van der Waals surface area contributed by atoms with Gasteiger partial charge in [0.15, 0.2) is 0 Å². The number of hydrogen-bond donors (Lipinski definition) is 4. The highest BCUT2D eigenvalue weighted by Crippen LogP contribution is 2.35. The molecule has 0 spiro atoms. The van der Waals surface area contributed by atoms with Crippen LogP contribution < -0.4 is 0 Å². The van der Waals surface area contributed by atoms with Gasteiger partial charge in [-0.25, -0.2) is 0 Å². The van der Waals surface area contributed by atoms with Gasteiger partial charge in [0, 0.05) is 26.2 Å². The third-order valence-electron chi connectivity index (χ3n) is 5.03. The molecule has 6 nitrogen and oxygen atoms in total. The molecule has 124 valence electrons. The van der Waals surface area contributed by atoms with Gasteiger partial charge >= 0.3 is 0 Å². The topological polar surface area (TPSA) is 87.4 Å². The van der Waals surface area contributed by atoms with Crippen molar-refractivity contribution in [1.82, 2.24) is 9.80 Å². The molecule has 2 fully saturated rings. The number of aliphatic hydroxyl groups excluding tert-OH is 4. The van der Waals surface area contributed by atoms with Crippen LogP contribution in [0.15, 0.2) is 0 Å². The fraction of sp³-hybridized carbons (Fsp3) is 1.00. The van der Waals surface area contributed by atoms with E-state index in [0.717, 1.165) is 58.3 Å². The minimum absolute atomic E-state index is 0.420. The van der Waals surface area contributed by atoms with Gasteiger partial charge in [0.05, 0.1) is 12.7 Å². The van der Waals surface area contributed by atoms with Crippen LogP contribution in [0.5, 0.6) is 0 Å². The Morgan fingerprint density at radius 3 is 1.67 bits per heavy atom. The van der Waals surface area contributed by atoms with Crippen LogP contribution in [0, 0.1) is 0 Å². The van der Waals surface area contributed by atoms with E-state index in [9.17, 15) is 20.4 Å². The third kappa shape index (κ3) is 3.11. The van der Waals surface area contributed by atoms with E-state index in [1.807, 2.05) is 0 Å². The summed E-state index contributed by atoms with van der Waals surface area (Å²) in [6, 6.07) is 0. The number of rotatable bonds is 6. The normalized spacial score (nSPS) is 29.0. The Bertz CT molecular complexity index is 313. The Kier molecular flexibility index (Phi) is 5.99. The van der Waals surface area contributed by atoms with Crippen molar-refractivity contribution in [1.29, 1.82) is 0 Å². The lowest BCUT2D eigenvalue weighted by Gasteiger charge is -2.56. The molecule has 0 aromatic rings. The van der Waals surface area contributed by atoms with Crippen LogP contribution in [0.4, 0.5) is 0 Å². The van der Waals surface area contributed by atoms with Crippen molar-refractivity contribution in [2.45, 2.75) is 63.0 Å². The number of hydrogen-bond acceptors (Lipinski definition) is 6. The minimum atomic E-state index is -1.11. The van der Waals surface area contributed by atoms with Crippen LogP contribution >= 0.6 is 0 Å². The predicted molar refractivity (Wildman–Crippen MR) is 79.7 cm³/mol. The number of piperidine rings is 1. The van der Waals surface area contributed by atoms with Crippen molar-refractivity contribution in [2.24, 2.45) is 0 Å². The monoisotopic (exact) mass is 302 g/mol. The lowest BCUT2D eigenvalue weighted by atomic mass is 9.87. The van der Waals surface area contributed by atoms with Gasteiger partial charge in [-0.15, -0.1) is 0 Å². The molecule has 0 aromatic heterocycles. The smallest absolute Gasteiger partial charge is 0.132 e. The average molecular weight is 302 g/mol. The largest absolute Gasteiger partial charge is 0.394 e. The summed E-state index contributed by atoms with van der Waals surface area (Å²) in [5.41, 5.74) is -1.08. The lowest BCUT2D eigenvalue weighted by molar-refractivity contribution is -0.219. The van der Waals surface area contributed by atoms with Crippen molar-refractivity contribution in [3.63, 3.8) is 0 Å². The van der Waals surface area contributed by atoms with Crippen molar-refractivity contribution in [3.05, 3.63) is 0 Å². The first-order valence-electron chi connectivity index (χ1n) is 8.20. The maximum Gasteiger partial charge on any atom is 0.132 e. The molecule has 4 N–H and O–H groups in total. The molecule has 2 rings (SSSR count). The highest BCUT2D eigenvalue weighted by Gasteiger charge is 2.55. The van der Waals surface area contributed by atoms with Gasteiger partial charge in [-0.1, -0.05) is 6.42 Å². The zero-order valence-corrected chi connectivity index (χ0v) is 13.0. The maximum atomic E-state index is 10.7. The molecule has 6 heteroatoms. The first-order valence-corrected chi connectivity index (χ1v) is 8.20. The molecule has 4 atom stereocenters. The molecule has 0 radical (unpaired) electrons. The van der Waals surface area contributed by atoms with Crippen LogP contribution in [-0.4, -0.2) is 87.0 Å². The molecule has 0 aromatic carbocycles. The molecule has 2 aliphatic heterocycles. The van der Waals surface area contributed by atoms with Crippen LogP contribution in [0.1, 0.15) is 39.0 Å². The Morgan fingerprint density at radius 1 is 0.857 bits per heavy atom. The van der Waals surface area contributed by atoms with E-state index in [0.29, 0.717) is 0 Å². The van der Waals surface area contributed by atoms with Crippen LogP contribution in [0.3, 0.4) is 0 Å². The molecule has 2 heterocycles.